The van der Waals surface area contributed by atoms with Crippen LogP contribution in [-0.2, 0) is 0 Å². The first kappa shape index (κ1) is 15.5. The Morgan fingerprint density at radius 3 is 2.43 bits per heavy atom. The molecule has 1 aromatic heterocycles. The maximum Gasteiger partial charge on any atom is 0.175 e. The Labute approximate surface area is 123 Å². The third-order valence-electron chi connectivity index (χ3n) is 3.67. The van der Waals surface area contributed by atoms with Crippen LogP contribution in [0.3, 0.4) is 0 Å². The van der Waals surface area contributed by atoms with Gasteiger partial charge in [-0.1, -0.05) is 31.8 Å². The Balaban J connectivity index is 2.46. The Bertz CT molecular complexity index is 590. The first-order chi connectivity index (χ1) is 10.1. The smallest absolute Gasteiger partial charge is 0.175 e. The summed E-state index contributed by atoms with van der Waals surface area (Å²) in [5.74, 6) is -0.342. The third-order valence-corrected chi connectivity index (χ3v) is 3.67. The minimum atomic E-state index is -0.641. The van der Waals surface area contributed by atoms with Crippen LogP contribution in [-0.4, -0.2) is 5.16 Å². The fourth-order valence-electron chi connectivity index (χ4n) is 2.55. The van der Waals surface area contributed by atoms with Crippen molar-refractivity contribution in [3.63, 3.8) is 0 Å². The fraction of sp³-hybridized carbons (Fsp3) is 0.438. The summed E-state index contributed by atoms with van der Waals surface area (Å²) in [6, 6.07) is 3.34. The van der Waals surface area contributed by atoms with Gasteiger partial charge >= 0.3 is 0 Å². The van der Waals surface area contributed by atoms with E-state index >= 15 is 0 Å². The van der Waals surface area contributed by atoms with Crippen LogP contribution >= 0.6 is 0 Å². The lowest BCUT2D eigenvalue weighted by atomic mass is 9.91. The lowest BCUT2D eigenvalue weighted by Crippen LogP contribution is -1.99. The summed E-state index contributed by atoms with van der Waals surface area (Å²) in [4.78, 5) is 0. The summed E-state index contributed by atoms with van der Waals surface area (Å²) in [6.07, 6.45) is 3.92. The molecule has 0 fully saturated rings. The number of unbranched alkanes of at least 4 members (excludes halogenated alkanes) is 1. The molecule has 21 heavy (non-hydrogen) atoms. The van der Waals surface area contributed by atoms with Crippen LogP contribution in [0.2, 0.25) is 0 Å². The van der Waals surface area contributed by atoms with Gasteiger partial charge in [-0.3, -0.25) is 0 Å². The zero-order valence-corrected chi connectivity index (χ0v) is 12.3. The average molecular weight is 294 g/mol. The van der Waals surface area contributed by atoms with Crippen LogP contribution in [0.15, 0.2) is 22.7 Å². The lowest BCUT2D eigenvalue weighted by molar-refractivity contribution is 0.349. The summed E-state index contributed by atoms with van der Waals surface area (Å²) in [6.45, 7) is 4.17. The number of nitrogens with zero attached hydrogens (tertiary/aromatic N) is 1. The summed E-state index contributed by atoms with van der Waals surface area (Å²) in [5.41, 5.74) is 6.73. The monoisotopic (exact) mass is 294 g/mol. The zero-order chi connectivity index (χ0) is 15.4. The minimum absolute atomic E-state index is 0.149. The molecule has 3 nitrogen and oxygen atoms in total. The zero-order valence-electron chi connectivity index (χ0n) is 12.3. The molecule has 1 unspecified atom stereocenters. The summed E-state index contributed by atoms with van der Waals surface area (Å²) in [5, 5.41) is 3.79. The van der Waals surface area contributed by atoms with E-state index in [2.05, 4.69) is 19.0 Å². The van der Waals surface area contributed by atoms with E-state index in [1.807, 2.05) is 0 Å². The van der Waals surface area contributed by atoms with Gasteiger partial charge in [-0.05, 0) is 30.5 Å². The van der Waals surface area contributed by atoms with Gasteiger partial charge in [0.05, 0.1) is 5.56 Å². The molecule has 0 aliphatic rings. The van der Waals surface area contributed by atoms with Crippen LogP contribution < -0.4 is 5.73 Å². The molecule has 1 heterocycles. The van der Waals surface area contributed by atoms with E-state index in [0.717, 1.165) is 31.7 Å². The average Bonchev–Trinajstić information content (AvgIpc) is 2.80. The number of aromatic nitrogens is 1. The molecule has 114 valence electrons. The van der Waals surface area contributed by atoms with Crippen molar-refractivity contribution >= 4 is 5.82 Å². The molecule has 1 aromatic carbocycles. The molecule has 2 aromatic rings. The highest BCUT2D eigenvalue weighted by molar-refractivity contribution is 5.76. The summed E-state index contributed by atoms with van der Waals surface area (Å²) >= 11 is 0. The number of rotatable bonds is 6. The Morgan fingerprint density at radius 2 is 1.86 bits per heavy atom. The number of benzene rings is 1. The fourth-order valence-corrected chi connectivity index (χ4v) is 2.55. The second-order valence-electron chi connectivity index (χ2n) is 5.21. The van der Waals surface area contributed by atoms with E-state index < -0.39 is 11.6 Å². The molecular weight excluding hydrogens is 274 g/mol. The molecule has 0 saturated heterocycles. The largest absolute Gasteiger partial charge is 0.380 e. The lowest BCUT2D eigenvalue weighted by Gasteiger charge is -2.13. The van der Waals surface area contributed by atoms with E-state index in [9.17, 15) is 8.78 Å². The molecule has 0 aliphatic carbocycles. The predicted molar refractivity (Wildman–Crippen MR) is 78.8 cm³/mol. The Hall–Kier alpha value is -1.91. The molecule has 0 aliphatic heterocycles. The highest BCUT2D eigenvalue weighted by atomic mass is 19.1. The van der Waals surface area contributed by atoms with Gasteiger partial charge in [0, 0.05) is 12.0 Å². The van der Waals surface area contributed by atoms with E-state index in [4.69, 9.17) is 10.3 Å². The number of nitrogens with two attached hydrogens (primary N) is 1. The highest BCUT2D eigenvalue weighted by Crippen LogP contribution is 2.38. The predicted octanol–water partition coefficient (Wildman–Crippen LogP) is 4.89. The van der Waals surface area contributed by atoms with Gasteiger partial charge < -0.3 is 10.3 Å². The van der Waals surface area contributed by atoms with Crippen molar-refractivity contribution in [2.45, 2.75) is 45.4 Å². The van der Waals surface area contributed by atoms with Crippen molar-refractivity contribution in [2.75, 3.05) is 5.73 Å². The molecular formula is C16H20F2N2O. The second kappa shape index (κ2) is 6.70. The third kappa shape index (κ3) is 3.40. The summed E-state index contributed by atoms with van der Waals surface area (Å²) < 4.78 is 32.2. The van der Waals surface area contributed by atoms with E-state index in [0.29, 0.717) is 16.9 Å². The van der Waals surface area contributed by atoms with Gasteiger partial charge in [0.1, 0.15) is 17.4 Å². The van der Waals surface area contributed by atoms with Gasteiger partial charge in [0.15, 0.2) is 5.82 Å². The quantitative estimate of drug-likeness (QED) is 0.825. The van der Waals surface area contributed by atoms with Crippen molar-refractivity contribution in [1.29, 1.82) is 0 Å². The van der Waals surface area contributed by atoms with E-state index in [1.54, 1.807) is 0 Å². The molecule has 0 saturated carbocycles. The maximum atomic E-state index is 13.4. The number of anilines is 1. The Morgan fingerprint density at radius 1 is 1.19 bits per heavy atom. The van der Waals surface area contributed by atoms with Gasteiger partial charge in [-0.25, -0.2) is 8.78 Å². The number of halogens is 2. The van der Waals surface area contributed by atoms with Crippen LogP contribution in [0.25, 0.3) is 11.1 Å². The molecule has 2 rings (SSSR count). The number of nitrogen functional groups attached to an aromatic ring is 1. The molecule has 0 amide bonds. The normalized spacial score (nSPS) is 12.6. The molecule has 1 atom stereocenters. The van der Waals surface area contributed by atoms with E-state index in [1.165, 1.54) is 12.1 Å². The topological polar surface area (TPSA) is 52.0 Å². The van der Waals surface area contributed by atoms with Gasteiger partial charge in [0.2, 0.25) is 0 Å². The minimum Gasteiger partial charge on any atom is -0.380 e. The van der Waals surface area contributed by atoms with Crippen LogP contribution in [0.5, 0.6) is 0 Å². The van der Waals surface area contributed by atoms with Crippen molar-refractivity contribution in [2.24, 2.45) is 0 Å². The molecule has 5 heteroatoms. The SMILES string of the molecule is CCCCC(CC)c1onc(N)c1-c1cc(F)cc(F)c1. The molecule has 0 radical (unpaired) electrons. The first-order valence-electron chi connectivity index (χ1n) is 7.28. The molecule has 0 bridgehead atoms. The second-order valence-corrected chi connectivity index (χ2v) is 5.21. The highest BCUT2D eigenvalue weighted by Gasteiger charge is 2.23. The molecule has 0 spiro atoms. The van der Waals surface area contributed by atoms with Crippen LogP contribution in [0.1, 0.15) is 51.2 Å². The standard InChI is InChI=1S/C16H20F2N2O/c1-3-5-6-10(4-2)15-14(16(19)20-21-15)11-7-12(17)9-13(18)8-11/h7-10H,3-6H2,1-2H3,(H2,19,20). The van der Waals surface area contributed by atoms with Gasteiger partial charge in [0.25, 0.3) is 0 Å². The Kier molecular flexibility index (Phi) is 4.94. The summed E-state index contributed by atoms with van der Waals surface area (Å²) in [7, 11) is 0. The first-order valence-corrected chi connectivity index (χ1v) is 7.28. The van der Waals surface area contributed by atoms with Crippen LogP contribution in [0.4, 0.5) is 14.6 Å². The van der Waals surface area contributed by atoms with Crippen molar-refractivity contribution in [3.05, 3.63) is 35.6 Å². The maximum absolute atomic E-state index is 13.4. The van der Waals surface area contributed by atoms with Crippen molar-refractivity contribution in [1.82, 2.24) is 5.16 Å². The van der Waals surface area contributed by atoms with Crippen molar-refractivity contribution in [3.8, 4) is 11.1 Å². The van der Waals surface area contributed by atoms with Gasteiger partial charge in [-0.2, -0.15) is 0 Å². The number of hydrogen-bond acceptors (Lipinski definition) is 3. The van der Waals surface area contributed by atoms with Gasteiger partial charge in [-0.15, -0.1) is 0 Å². The van der Waals surface area contributed by atoms with Crippen LogP contribution in [0, 0.1) is 11.6 Å². The van der Waals surface area contributed by atoms with E-state index in [-0.39, 0.29) is 11.7 Å². The number of hydrogen-bond donors (Lipinski definition) is 1. The van der Waals surface area contributed by atoms with Crippen molar-refractivity contribution < 1.29 is 13.3 Å². The molecule has 2 N–H and O–H groups in total.